The van der Waals surface area contributed by atoms with Crippen LogP contribution >= 0.6 is 11.8 Å². The van der Waals surface area contributed by atoms with Crippen molar-refractivity contribution in [3.8, 4) is 11.6 Å². The van der Waals surface area contributed by atoms with Crippen LogP contribution in [0.4, 0.5) is 11.4 Å². The average Bonchev–Trinajstić information content (AvgIpc) is 3.59. The molecule has 4 aromatic rings. The van der Waals surface area contributed by atoms with Crippen LogP contribution in [0, 0.1) is 6.92 Å². The number of furan rings is 2. The van der Waals surface area contributed by atoms with Crippen LogP contribution in [-0.4, -0.2) is 34.6 Å². The number of amides is 2. The summed E-state index contributed by atoms with van der Waals surface area (Å²) in [6.07, 6.45) is 7.06. The summed E-state index contributed by atoms with van der Waals surface area (Å²) in [5.74, 6) is 0.604. The molecule has 1 aliphatic heterocycles. The monoisotopic (exact) mass is 460 g/mol. The molecule has 0 unspecified atom stereocenters. The first-order chi connectivity index (χ1) is 16.0. The summed E-state index contributed by atoms with van der Waals surface area (Å²) in [7, 11) is 0. The first-order valence-corrected chi connectivity index (χ1v) is 11.5. The lowest BCUT2D eigenvalue weighted by atomic mass is 10.1. The molecule has 0 saturated heterocycles. The highest BCUT2D eigenvalue weighted by Crippen LogP contribution is 2.32. The van der Waals surface area contributed by atoms with Gasteiger partial charge in [0.25, 0.3) is 11.8 Å². The minimum Gasteiger partial charge on any atom is -0.472 e. The van der Waals surface area contributed by atoms with Crippen molar-refractivity contribution in [3.05, 3.63) is 77.6 Å². The molecule has 0 atom stereocenters. The van der Waals surface area contributed by atoms with Gasteiger partial charge in [0, 0.05) is 17.9 Å². The van der Waals surface area contributed by atoms with Crippen molar-refractivity contribution < 1.29 is 18.4 Å². The van der Waals surface area contributed by atoms with Crippen molar-refractivity contribution in [2.75, 3.05) is 23.0 Å². The zero-order valence-corrected chi connectivity index (χ0v) is 18.8. The van der Waals surface area contributed by atoms with Crippen LogP contribution < -0.4 is 10.2 Å². The zero-order valence-electron chi connectivity index (χ0n) is 18.0. The van der Waals surface area contributed by atoms with Gasteiger partial charge in [0.1, 0.15) is 11.3 Å². The van der Waals surface area contributed by atoms with Crippen molar-refractivity contribution in [1.29, 1.82) is 0 Å². The molecule has 0 saturated carbocycles. The van der Waals surface area contributed by atoms with E-state index in [0.717, 1.165) is 11.3 Å². The van der Waals surface area contributed by atoms with Crippen LogP contribution in [-0.2, 0) is 6.42 Å². The van der Waals surface area contributed by atoms with Gasteiger partial charge in [-0.15, -0.1) is 11.8 Å². The predicted molar refractivity (Wildman–Crippen MR) is 125 cm³/mol. The Morgan fingerprint density at radius 1 is 1.15 bits per heavy atom. The molecule has 0 spiro atoms. The van der Waals surface area contributed by atoms with Crippen molar-refractivity contribution in [2.45, 2.75) is 18.4 Å². The Kier molecular flexibility index (Phi) is 5.47. The topological polar surface area (TPSA) is 101 Å². The van der Waals surface area contributed by atoms with Gasteiger partial charge in [0.05, 0.1) is 29.3 Å². The van der Waals surface area contributed by atoms with Crippen molar-refractivity contribution in [3.63, 3.8) is 0 Å². The first kappa shape index (κ1) is 21.0. The molecular weight excluding hydrogens is 440 g/mol. The molecule has 1 N–H and O–H groups in total. The number of fused-ring (bicyclic) bond motifs is 1. The molecule has 2 amide bonds. The standard InChI is InChI=1S/C24H20N4O4S/c1-14-20(23(33-2)27-21(25-14)19-4-3-10-32-19)22(29)26-17-5-6-18-15(12-17)7-9-28(18)24(30)16-8-11-31-13-16/h3-6,8,10-13H,7,9H2,1-2H3,(H,26,29). The van der Waals surface area contributed by atoms with E-state index in [1.165, 1.54) is 24.3 Å². The third-order valence-corrected chi connectivity index (χ3v) is 6.15. The maximum atomic E-state index is 13.1. The summed E-state index contributed by atoms with van der Waals surface area (Å²) >= 11 is 1.38. The average molecular weight is 461 g/mol. The van der Waals surface area contributed by atoms with Gasteiger partial charge in [0.2, 0.25) is 0 Å². The number of nitrogens with zero attached hydrogens (tertiary/aromatic N) is 3. The fraction of sp³-hybridized carbons (Fsp3) is 0.167. The number of thioether (sulfide) groups is 1. The molecule has 0 radical (unpaired) electrons. The lowest BCUT2D eigenvalue weighted by molar-refractivity contribution is 0.0986. The fourth-order valence-electron chi connectivity index (χ4n) is 3.90. The first-order valence-electron chi connectivity index (χ1n) is 10.3. The molecule has 1 aliphatic rings. The molecule has 166 valence electrons. The van der Waals surface area contributed by atoms with E-state index in [1.807, 2.05) is 18.4 Å². The number of aryl methyl sites for hydroxylation is 1. The number of carbonyl (C=O) groups is 2. The van der Waals surface area contributed by atoms with Crippen LogP contribution in [0.1, 0.15) is 32.0 Å². The smallest absolute Gasteiger partial charge is 0.261 e. The molecule has 0 fully saturated rings. The molecule has 9 heteroatoms. The van der Waals surface area contributed by atoms with Crippen LogP contribution in [0.15, 0.2) is 69.0 Å². The van der Waals surface area contributed by atoms with Gasteiger partial charge in [-0.1, -0.05) is 0 Å². The van der Waals surface area contributed by atoms with Gasteiger partial charge in [-0.05, 0) is 61.6 Å². The second-order valence-electron chi connectivity index (χ2n) is 7.51. The molecule has 4 heterocycles. The normalized spacial score (nSPS) is 12.6. The maximum absolute atomic E-state index is 13.1. The van der Waals surface area contributed by atoms with Gasteiger partial charge >= 0.3 is 0 Å². The predicted octanol–water partition coefficient (Wildman–Crippen LogP) is 4.82. The Morgan fingerprint density at radius 3 is 2.76 bits per heavy atom. The molecule has 3 aromatic heterocycles. The van der Waals surface area contributed by atoms with Crippen molar-refractivity contribution >= 4 is 35.0 Å². The van der Waals surface area contributed by atoms with Gasteiger partial charge in [-0.25, -0.2) is 9.97 Å². The number of anilines is 2. The Labute approximate surface area is 194 Å². The summed E-state index contributed by atoms with van der Waals surface area (Å²) in [6.45, 7) is 2.36. The number of aromatic nitrogens is 2. The van der Waals surface area contributed by atoms with E-state index < -0.39 is 0 Å². The van der Waals surface area contributed by atoms with E-state index in [1.54, 1.807) is 42.4 Å². The number of hydrogen-bond donors (Lipinski definition) is 1. The second kappa shape index (κ2) is 8.59. The van der Waals surface area contributed by atoms with Crippen LogP contribution in [0.2, 0.25) is 0 Å². The molecule has 0 bridgehead atoms. The molecule has 33 heavy (non-hydrogen) atoms. The van der Waals surface area contributed by atoms with E-state index in [2.05, 4.69) is 15.3 Å². The third-order valence-electron chi connectivity index (χ3n) is 5.46. The summed E-state index contributed by atoms with van der Waals surface area (Å²) in [5.41, 5.74) is 3.99. The minimum absolute atomic E-state index is 0.103. The maximum Gasteiger partial charge on any atom is 0.261 e. The number of hydrogen-bond acceptors (Lipinski definition) is 7. The fourth-order valence-corrected chi connectivity index (χ4v) is 4.52. The van der Waals surface area contributed by atoms with Crippen LogP contribution in [0.25, 0.3) is 11.6 Å². The highest BCUT2D eigenvalue weighted by atomic mass is 32.2. The summed E-state index contributed by atoms with van der Waals surface area (Å²) in [5, 5.41) is 3.53. The Hall–Kier alpha value is -3.85. The van der Waals surface area contributed by atoms with Crippen molar-refractivity contribution in [2.24, 2.45) is 0 Å². The Bertz CT molecular complexity index is 1330. The van der Waals surface area contributed by atoms with Gasteiger partial charge in [-0.3, -0.25) is 9.59 Å². The molecule has 1 aromatic carbocycles. The Balaban J connectivity index is 1.38. The largest absolute Gasteiger partial charge is 0.472 e. The number of benzene rings is 1. The van der Waals surface area contributed by atoms with E-state index in [4.69, 9.17) is 8.83 Å². The number of carbonyl (C=O) groups excluding carboxylic acids is 2. The van der Waals surface area contributed by atoms with E-state index in [-0.39, 0.29) is 11.8 Å². The number of rotatable bonds is 5. The highest BCUT2D eigenvalue weighted by Gasteiger charge is 2.27. The van der Waals surface area contributed by atoms with Crippen LogP contribution in [0.3, 0.4) is 0 Å². The van der Waals surface area contributed by atoms with E-state index >= 15 is 0 Å². The summed E-state index contributed by atoms with van der Waals surface area (Å²) in [4.78, 5) is 36.6. The van der Waals surface area contributed by atoms with Gasteiger partial charge in [-0.2, -0.15) is 0 Å². The summed E-state index contributed by atoms with van der Waals surface area (Å²) < 4.78 is 10.4. The zero-order chi connectivity index (χ0) is 22.9. The van der Waals surface area contributed by atoms with E-state index in [9.17, 15) is 9.59 Å². The minimum atomic E-state index is -0.285. The summed E-state index contributed by atoms with van der Waals surface area (Å²) in [6, 6.07) is 10.8. The Morgan fingerprint density at radius 2 is 2.03 bits per heavy atom. The highest BCUT2D eigenvalue weighted by molar-refractivity contribution is 7.98. The lowest BCUT2D eigenvalue weighted by Gasteiger charge is -2.17. The number of nitrogens with one attached hydrogen (secondary N) is 1. The molecule has 0 aliphatic carbocycles. The van der Waals surface area contributed by atoms with Gasteiger partial charge < -0.3 is 19.1 Å². The lowest BCUT2D eigenvalue weighted by Crippen LogP contribution is -2.28. The third kappa shape index (κ3) is 3.91. The quantitative estimate of drug-likeness (QED) is 0.337. The molecular formula is C24H20N4O4S. The molecule has 5 rings (SSSR count). The second-order valence-corrected chi connectivity index (χ2v) is 8.31. The van der Waals surface area contributed by atoms with Crippen LogP contribution in [0.5, 0.6) is 0 Å². The molecule has 8 nitrogen and oxygen atoms in total. The van der Waals surface area contributed by atoms with Gasteiger partial charge in [0.15, 0.2) is 11.6 Å². The van der Waals surface area contributed by atoms with E-state index in [0.29, 0.717) is 52.1 Å². The SMILES string of the molecule is CSc1nc(-c2ccco2)nc(C)c1C(=O)Nc1ccc2c(c1)CCN2C(=O)c1ccoc1. The van der Waals surface area contributed by atoms with Crippen molar-refractivity contribution in [1.82, 2.24) is 9.97 Å².